The van der Waals surface area contributed by atoms with Gasteiger partial charge in [0.05, 0.1) is 6.42 Å². The molecule has 2 N–H and O–H groups in total. The van der Waals surface area contributed by atoms with E-state index in [-0.39, 0.29) is 30.7 Å². The van der Waals surface area contributed by atoms with Crippen molar-refractivity contribution in [1.29, 1.82) is 0 Å². The number of ether oxygens (including phenoxy) is 2. The maximum atomic E-state index is 12.3. The van der Waals surface area contributed by atoms with Crippen LogP contribution in [0.3, 0.4) is 0 Å². The molecule has 0 aliphatic heterocycles. The Kier molecular flexibility index (Phi) is 8.35. The van der Waals surface area contributed by atoms with Crippen molar-refractivity contribution in [1.82, 2.24) is 5.32 Å². The highest BCUT2D eigenvalue weighted by molar-refractivity contribution is 5.94. The third-order valence-electron chi connectivity index (χ3n) is 5.09. The Bertz CT molecular complexity index is 1130. The Labute approximate surface area is 200 Å². The minimum absolute atomic E-state index is 0.0474. The minimum atomic E-state index is -4.73. The second kappa shape index (κ2) is 11.4. The molecule has 0 fully saturated rings. The van der Waals surface area contributed by atoms with Crippen molar-refractivity contribution >= 4 is 11.9 Å². The number of hydrogen-bond acceptors (Lipinski definition) is 4. The Hall–Kier alpha value is -4.01. The number of nitrogens with one attached hydrogen (secondary N) is 1. The average Bonchev–Trinajstić information content (AvgIpc) is 2.82. The standard InChI is InChI=1S/C26H24F3NO5/c1-2-23(34-21-11-9-20(10-12-21)25(33)30-16-15-24(31)32)19-5-3-17(4-6-19)18-7-13-22(14-8-18)35-26(27,28)29/h3-14,23H,2,15-16H2,1H3,(H,30,33)(H,31,32). The third kappa shape index (κ3) is 7.77. The van der Waals surface area contributed by atoms with Gasteiger partial charge in [-0.3, -0.25) is 9.59 Å². The van der Waals surface area contributed by atoms with Crippen molar-refractivity contribution in [2.75, 3.05) is 6.54 Å². The average molecular weight is 487 g/mol. The van der Waals surface area contributed by atoms with E-state index in [1.165, 1.54) is 12.1 Å². The van der Waals surface area contributed by atoms with Gasteiger partial charge < -0.3 is 19.9 Å². The third-order valence-corrected chi connectivity index (χ3v) is 5.09. The Morgan fingerprint density at radius 1 is 0.886 bits per heavy atom. The Morgan fingerprint density at radius 3 is 1.94 bits per heavy atom. The van der Waals surface area contributed by atoms with E-state index in [1.807, 2.05) is 31.2 Å². The number of carbonyl (C=O) groups is 2. The van der Waals surface area contributed by atoms with Crippen LogP contribution in [0.4, 0.5) is 13.2 Å². The highest BCUT2D eigenvalue weighted by Gasteiger charge is 2.31. The normalized spacial score (nSPS) is 12.0. The van der Waals surface area contributed by atoms with Gasteiger partial charge in [-0.1, -0.05) is 43.3 Å². The van der Waals surface area contributed by atoms with Crippen LogP contribution in [0.1, 0.15) is 41.8 Å². The van der Waals surface area contributed by atoms with Crippen molar-refractivity contribution in [2.45, 2.75) is 32.2 Å². The lowest BCUT2D eigenvalue weighted by atomic mass is 10.0. The van der Waals surface area contributed by atoms with E-state index in [2.05, 4.69) is 10.1 Å². The topological polar surface area (TPSA) is 84.9 Å². The first kappa shape index (κ1) is 25.6. The zero-order valence-electron chi connectivity index (χ0n) is 18.8. The van der Waals surface area contributed by atoms with Gasteiger partial charge in [0, 0.05) is 12.1 Å². The number of carboxylic acid groups (broad SMARTS) is 1. The summed E-state index contributed by atoms with van der Waals surface area (Å²) in [6, 6.07) is 19.7. The van der Waals surface area contributed by atoms with Crippen molar-refractivity contribution in [3.63, 3.8) is 0 Å². The smallest absolute Gasteiger partial charge is 0.486 e. The van der Waals surface area contributed by atoms with E-state index in [0.717, 1.165) is 16.7 Å². The molecule has 0 spiro atoms. The molecule has 9 heteroatoms. The van der Waals surface area contributed by atoms with Gasteiger partial charge in [-0.15, -0.1) is 13.2 Å². The lowest BCUT2D eigenvalue weighted by molar-refractivity contribution is -0.274. The second-order valence-corrected chi connectivity index (χ2v) is 7.63. The van der Waals surface area contributed by atoms with Crippen LogP contribution in [0.25, 0.3) is 11.1 Å². The fraction of sp³-hybridized carbons (Fsp3) is 0.231. The number of rotatable bonds is 10. The van der Waals surface area contributed by atoms with Crippen LogP contribution < -0.4 is 14.8 Å². The summed E-state index contributed by atoms with van der Waals surface area (Å²) < 4.78 is 47.0. The molecule has 3 aromatic rings. The van der Waals surface area contributed by atoms with E-state index in [1.54, 1.807) is 36.4 Å². The Morgan fingerprint density at radius 2 is 1.43 bits per heavy atom. The first-order valence-corrected chi connectivity index (χ1v) is 10.9. The zero-order valence-corrected chi connectivity index (χ0v) is 18.8. The molecule has 0 saturated heterocycles. The highest BCUT2D eigenvalue weighted by Crippen LogP contribution is 2.29. The van der Waals surface area contributed by atoms with Crippen LogP contribution in [0.5, 0.6) is 11.5 Å². The van der Waals surface area contributed by atoms with Crippen LogP contribution in [0.2, 0.25) is 0 Å². The molecule has 6 nitrogen and oxygen atoms in total. The van der Waals surface area contributed by atoms with Crippen molar-refractivity contribution in [3.8, 4) is 22.6 Å². The highest BCUT2D eigenvalue weighted by atomic mass is 19.4. The maximum Gasteiger partial charge on any atom is 0.573 e. The molecule has 1 amide bonds. The summed E-state index contributed by atoms with van der Waals surface area (Å²) in [6.45, 7) is 2.02. The number of alkyl halides is 3. The summed E-state index contributed by atoms with van der Waals surface area (Å²) >= 11 is 0. The number of halogens is 3. The van der Waals surface area contributed by atoms with Gasteiger partial charge in [0.1, 0.15) is 17.6 Å². The van der Waals surface area contributed by atoms with Crippen LogP contribution >= 0.6 is 0 Å². The largest absolute Gasteiger partial charge is 0.573 e. The van der Waals surface area contributed by atoms with Crippen LogP contribution in [0, 0.1) is 0 Å². The van der Waals surface area contributed by atoms with Crippen molar-refractivity contribution in [3.05, 3.63) is 83.9 Å². The maximum absolute atomic E-state index is 12.3. The summed E-state index contributed by atoms with van der Waals surface area (Å²) in [6.07, 6.45) is -4.45. The molecule has 184 valence electrons. The van der Waals surface area contributed by atoms with Crippen LogP contribution in [-0.2, 0) is 4.79 Å². The molecule has 0 radical (unpaired) electrons. The molecule has 3 aromatic carbocycles. The summed E-state index contributed by atoms with van der Waals surface area (Å²) in [5.74, 6) is -1.05. The molecule has 0 aromatic heterocycles. The van der Waals surface area contributed by atoms with Gasteiger partial charge in [0.2, 0.25) is 0 Å². The van der Waals surface area contributed by atoms with Gasteiger partial charge >= 0.3 is 12.3 Å². The minimum Gasteiger partial charge on any atom is -0.486 e. The van der Waals surface area contributed by atoms with E-state index in [4.69, 9.17) is 9.84 Å². The van der Waals surface area contributed by atoms with Gasteiger partial charge in [0.25, 0.3) is 5.91 Å². The lowest BCUT2D eigenvalue weighted by Crippen LogP contribution is -2.25. The molecular formula is C26H24F3NO5. The molecule has 0 aliphatic rings. The van der Waals surface area contributed by atoms with Crippen LogP contribution in [-0.4, -0.2) is 29.9 Å². The fourth-order valence-corrected chi connectivity index (χ4v) is 3.36. The Balaban J connectivity index is 1.62. The number of hydrogen-bond donors (Lipinski definition) is 2. The van der Waals surface area contributed by atoms with Gasteiger partial charge in [-0.25, -0.2) is 0 Å². The van der Waals surface area contributed by atoms with Gasteiger partial charge in [-0.2, -0.15) is 0 Å². The number of carbonyl (C=O) groups excluding carboxylic acids is 1. The van der Waals surface area contributed by atoms with Gasteiger partial charge in [0.15, 0.2) is 0 Å². The molecular weight excluding hydrogens is 463 g/mol. The first-order chi connectivity index (χ1) is 16.6. The summed E-state index contributed by atoms with van der Waals surface area (Å²) in [5.41, 5.74) is 2.90. The molecule has 0 aliphatic carbocycles. The van der Waals surface area contributed by atoms with Crippen molar-refractivity contribution < 1.29 is 37.3 Å². The number of benzene rings is 3. The SMILES string of the molecule is CCC(Oc1ccc(C(=O)NCCC(=O)O)cc1)c1ccc(-c2ccc(OC(F)(F)F)cc2)cc1. The second-order valence-electron chi connectivity index (χ2n) is 7.63. The van der Waals surface area contributed by atoms with E-state index in [9.17, 15) is 22.8 Å². The summed E-state index contributed by atoms with van der Waals surface area (Å²) in [7, 11) is 0. The fourth-order valence-electron chi connectivity index (χ4n) is 3.36. The quantitative estimate of drug-likeness (QED) is 0.367. The molecule has 3 rings (SSSR count). The van der Waals surface area contributed by atoms with E-state index >= 15 is 0 Å². The lowest BCUT2D eigenvalue weighted by Gasteiger charge is -2.19. The van der Waals surface area contributed by atoms with Gasteiger partial charge in [-0.05, 0) is 59.5 Å². The molecule has 0 bridgehead atoms. The molecule has 1 unspecified atom stereocenters. The predicted molar refractivity (Wildman–Crippen MR) is 123 cm³/mol. The number of aliphatic carboxylic acids is 1. The molecule has 0 saturated carbocycles. The summed E-state index contributed by atoms with van der Waals surface area (Å²) in [5, 5.41) is 11.2. The molecule has 0 heterocycles. The van der Waals surface area contributed by atoms with E-state index in [0.29, 0.717) is 17.7 Å². The predicted octanol–water partition coefficient (Wildman–Crippen LogP) is 5.99. The first-order valence-electron chi connectivity index (χ1n) is 10.9. The number of amides is 1. The molecule has 35 heavy (non-hydrogen) atoms. The van der Waals surface area contributed by atoms with E-state index < -0.39 is 12.3 Å². The molecule has 1 atom stereocenters. The summed E-state index contributed by atoms with van der Waals surface area (Å²) in [4.78, 5) is 22.6. The van der Waals surface area contributed by atoms with Crippen molar-refractivity contribution in [2.24, 2.45) is 0 Å². The van der Waals surface area contributed by atoms with Crippen LogP contribution in [0.15, 0.2) is 72.8 Å². The monoisotopic (exact) mass is 487 g/mol. The zero-order chi connectivity index (χ0) is 25.4. The number of carboxylic acids is 1.